The number of carbonyl (C=O) groups excluding carboxylic acids is 8. The van der Waals surface area contributed by atoms with Gasteiger partial charge >= 0.3 is 5.97 Å². The number of hydrogen-bond acceptors (Lipinski definition) is 10. The first kappa shape index (κ1) is 49.3. The molecule has 1 aliphatic rings. The van der Waals surface area contributed by atoms with E-state index >= 15 is 0 Å². The molecule has 0 bridgehead atoms. The monoisotopic (exact) mass is 854 g/mol. The van der Waals surface area contributed by atoms with Crippen LogP contribution in [0.1, 0.15) is 79.2 Å². The first-order valence-electron chi connectivity index (χ1n) is 20.6. The number of H-pyrrole nitrogens is 1. The van der Waals surface area contributed by atoms with Gasteiger partial charge in [0.15, 0.2) is 0 Å². The maximum atomic E-state index is 14.0. The molecule has 12 N–H and O–H groups in total. The van der Waals surface area contributed by atoms with Crippen molar-refractivity contribution in [3.8, 4) is 0 Å². The van der Waals surface area contributed by atoms with Crippen molar-refractivity contribution in [3.63, 3.8) is 0 Å². The standard InChI is InChI=1S/C41H62N10O10/c1-21(2)16-28(48-40(60)35(23(5)6)50-37(57)29(46-32(53)18-42)17-24-19-44-26-11-8-7-10-25(24)26)36(56)49-34(22(3)4)39(59)47-27(13-14-31(43)52)41(61)51-15-9-12-30(51)38(58)45-20-33(54)55/h7-8,10-11,19,21-23,27-30,34-35,44H,9,12-18,20,42H2,1-6H3,(H2,43,52)(H,45,58)(H,46,53)(H,47,59)(H,48,60)(H,49,56)(H,50,57)(H,54,55)/t27-,28-,29-,30-,34-,35-/m0/s1. The number of nitrogens with two attached hydrogens (primary N) is 2. The SMILES string of the molecule is CC(C)C[C@H](NC(=O)[C@@H](NC(=O)[C@H](Cc1c[nH]c2ccccc12)NC(=O)CN)C(C)C)C(=O)N[C@H](C(=O)N[C@@H](CCC(N)=O)C(=O)N1CCC[C@H]1C(=O)NCC(=O)O)C(C)C. The number of likely N-dealkylation sites (tertiary alicyclic amines) is 1. The number of carbonyl (C=O) groups is 9. The lowest BCUT2D eigenvalue weighted by Crippen LogP contribution is -2.61. The molecule has 20 heteroatoms. The number of benzene rings is 1. The third-order valence-corrected chi connectivity index (χ3v) is 10.3. The highest BCUT2D eigenvalue weighted by atomic mass is 16.4. The number of aromatic amines is 1. The Morgan fingerprint density at radius 2 is 1.39 bits per heavy atom. The molecule has 20 nitrogen and oxygen atoms in total. The molecule has 0 unspecified atom stereocenters. The summed E-state index contributed by atoms with van der Waals surface area (Å²) in [6.07, 6.45) is 2.13. The fraction of sp³-hybridized carbons (Fsp3) is 0.585. The first-order chi connectivity index (χ1) is 28.7. The van der Waals surface area contributed by atoms with Crippen LogP contribution < -0.4 is 43.4 Å². The minimum Gasteiger partial charge on any atom is -0.480 e. The topological polar surface area (TPSA) is 317 Å². The van der Waals surface area contributed by atoms with Gasteiger partial charge in [0, 0.05) is 36.5 Å². The third kappa shape index (κ3) is 14.6. The Balaban J connectivity index is 1.79. The number of para-hydroxylation sites is 1. The van der Waals surface area contributed by atoms with Gasteiger partial charge in [-0.15, -0.1) is 0 Å². The molecule has 1 aromatic carbocycles. The summed E-state index contributed by atoms with van der Waals surface area (Å²) in [6.45, 7) is 9.51. The van der Waals surface area contributed by atoms with E-state index in [1.165, 1.54) is 4.90 Å². The summed E-state index contributed by atoms with van der Waals surface area (Å²) < 4.78 is 0. The highest BCUT2D eigenvalue weighted by Gasteiger charge is 2.39. The predicted octanol–water partition coefficient (Wildman–Crippen LogP) is -1.09. The van der Waals surface area contributed by atoms with Crippen LogP contribution in [0.15, 0.2) is 30.5 Å². The zero-order valence-electron chi connectivity index (χ0n) is 35.7. The number of amides is 8. The summed E-state index contributed by atoms with van der Waals surface area (Å²) in [5, 5.41) is 25.6. The largest absolute Gasteiger partial charge is 0.480 e. The molecule has 336 valence electrons. The second-order valence-corrected chi connectivity index (χ2v) is 16.4. The quantitative estimate of drug-likeness (QED) is 0.0640. The highest BCUT2D eigenvalue weighted by molar-refractivity contribution is 5.98. The van der Waals surface area contributed by atoms with Crippen molar-refractivity contribution in [2.24, 2.45) is 29.2 Å². The Bertz CT molecular complexity index is 1910. The van der Waals surface area contributed by atoms with Crippen molar-refractivity contribution in [1.82, 2.24) is 41.8 Å². The van der Waals surface area contributed by atoms with Gasteiger partial charge in [-0.1, -0.05) is 59.7 Å². The molecule has 8 amide bonds. The summed E-state index contributed by atoms with van der Waals surface area (Å²) in [5.74, 6) is -7.93. The van der Waals surface area contributed by atoms with Crippen molar-refractivity contribution in [1.29, 1.82) is 0 Å². The average Bonchev–Trinajstić information content (AvgIpc) is 3.86. The van der Waals surface area contributed by atoms with Crippen LogP contribution in [0, 0.1) is 17.8 Å². The number of primary amides is 1. The van der Waals surface area contributed by atoms with E-state index in [4.69, 9.17) is 16.6 Å². The van der Waals surface area contributed by atoms with Crippen LogP contribution in [0.3, 0.4) is 0 Å². The van der Waals surface area contributed by atoms with Crippen LogP contribution in [-0.2, 0) is 49.6 Å². The molecule has 1 fully saturated rings. The number of rotatable bonds is 23. The fourth-order valence-corrected chi connectivity index (χ4v) is 7.11. The Morgan fingerprint density at radius 3 is 1.95 bits per heavy atom. The van der Waals surface area contributed by atoms with Gasteiger partial charge in [-0.3, -0.25) is 43.2 Å². The lowest BCUT2D eigenvalue weighted by Gasteiger charge is -2.31. The van der Waals surface area contributed by atoms with Gasteiger partial charge in [-0.05, 0) is 55.1 Å². The molecule has 1 aliphatic heterocycles. The van der Waals surface area contributed by atoms with Gasteiger partial charge in [0.25, 0.3) is 0 Å². The van der Waals surface area contributed by atoms with Crippen molar-refractivity contribution >= 4 is 64.1 Å². The summed E-state index contributed by atoms with van der Waals surface area (Å²) in [7, 11) is 0. The van der Waals surface area contributed by atoms with E-state index in [1.54, 1.807) is 33.9 Å². The van der Waals surface area contributed by atoms with Crippen molar-refractivity contribution in [2.75, 3.05) is 19.6 Å². The summed E-state index contributed by atoms with van der Waals surface area (Å²) >= 11 is 0. The molecule has 0 aliphatic carbocycles. The lowest BCUT2D eigenvalue weighted by atomic mass is 9.97. The number of nitrogens with zero attached hydrogens (tertiary/aromatic N) is 1. The van der Waals surface area contributed by atoms with Gasteiger partial charge in [-0.2, -0.15) is 0 Å². The molecular formula is C41H62N10O10. The lowest BCUT2D eigenvalue weighted by molar-refractivity contribution is -0.143. The Morgan fingerprint density at radius 1 is 0.803 bits per heavy atom. The molecule has 0 spiro atoms. The minimum atomic E-state index is -1.33. The molecule has 61 heavy (non-hydrogen) atoms. The van der Waals surface area contributed by atoms with Gasteiger partial charge in [-0.25, -0.2) is 0 Å². The van der Waals surface area contributed by atoms with E-state index in [9.17, 15) is 43.2 Å². The second-order valence-electron chi connectivity index (χ2n) is 16.4. The maximum absolute atomic E-state index is 14.0. The van der Waals surface area contributed by atoms with Gasteiger partial charge in [0.2, 0.25) is 47.3 Å². The number of carboxylic acid groups (broad SMARTS) is 1. The number of aromatic nitrogens is 1. The second kappa shape index (κ2) is 23.1. The molecule has 6 atom stereocenters. The smallest absolute Gasteiger partial charge is 0.322 e. The Kier molecular flexibility index (Phi) is 18.7. The number of nitrogens with one attached hydrogen (secondary N) is 7. The average molecular weight is 855 g/mol. The van der Waals surface area contributed by atoms with E-state index < -0.39 is 108 Å². The molecule has 2 heterocycles. The van der Waals surface area contributed by atoms with Crippen LogP contribution in [0.25, 0.3) is 10.9 Å². The third-order valence-electron chi connectivity index (χ3n) is 10.3. The molecular weight excluding hydrogens is 793 g/mol. The van der Waals surface area contributed by atoms with Gasteiger partial charge in [0.1, 0.15) is 42.8 Å². The zero-order chi connectivity index (χ0) is 45.6. The Hall–Kier alpha value is -6.05. The first-order valence-corrected chi connectivity index (χ1v) is 20.6. The van der Waals surface area contributed by atoms with E-state index in [2.05, 4.69) is 36.9 Å². The predicted molar refractivity (Wildman–Crippen MR) is 224 cm³/mol. The summed E-state index contributed by atoms with van der Waals surface area (Å²) in [6, 6.07) is 0.434. The van der Waals surface area contributed by atoms with Crippen molar-refractivity contribution in [2.45, 2.75) is 116 Å². The highest BCUT2D eigenvalue weighted by Crippen LogP contribution is 2.21. The van der Waals surface area contributed by atoms with Crippen LogP contribution in [0.2, 0.25) is 0 Å². The van der Waals surface area contributed by atoms with Crippen LogP contribution in [0.5, 0.6) is 0 Å². The molecule has 0 saturated carbocycles. The fourth-order valence-electron chi connectivity index (χ4n) is 7.11. The molecule has 1 aromatic heterocycles. The number of aliphatic carboxylic acids is 1. The minimum absolute atomic E-state index is 0.0841. The Labute approximate surface area is 354 Å². The van der Waals surface area contributed by atoms with Crippen molar-refractivity contribution < 1.29 is 48.3 Å². The molecule has 3 rings (SSSR count). The van der Waals surface area contributed by atoms with E-state index in [-0.39, 0.29) is 51.1 Å². The summed E-state index contributed by atoms with van der Waals surface area (Å²) in [4.78, 5) is 122. The van der Waals surface area contributed by atoms with Crippen LogP contribution in [0.4, 0.5) is 0 Å². The van der Waals surface area contributed by atoms with E-state index in [0.717, 1.165) is 16.5 Å². The van der Waals surface area contributed by atoms with Crippen LogP contribution >= 0.6 is 0 Å². The van der Waals surface area contributed by atoms with Gasteiger partial charge in [0.05, 0.1) is 6.54 Å². The van der Waals surface area contributed by atoms with E-state index in [1.807, 2.05) is 38.1 Å². The van der Waals surface area contributed by atoms with E-state index in [0.29, 0.717) is 6.42 Å². The maximum Gasteiger partial charge on any atom is 0.322 e. The number of hydrogen-bond donors (Lipinski definition) is 10. The number of carboxylic acids is 1. The summed E-state index contributed by atoms with van der Waals surface area (Å²) in [5.41, 5.74) is 12.5. The molecule has 0 radical (unpaired) electrons. The van der Waals surface area contributed by atoms with Crippen LogP contribution in [-0.4, -0.2) is 124 Å². The molecule has 1 saturated heterocycles. The normalized spacial score (nSPS) is 16.3. The van der Waals surface area contributed by atoms with Gasteiger partial charge < -0.3 is 58.4 Å². The van der Waals surface area contributed by atoms with Crippen molar-refractivity contribution in [3.05, 3.63) is 36.0 Å². The number of fused-ring (bicyclic) bond motifs is 1. The molecule has 2 aromatic rings. The zero-order valence-corrected chi connectivity index (χ0v) is 35.7.